The summed E-state index contributed by atoms with van der Waals surface area (Å²) in [5.74, 6) is -0.983. The summed E-state index contributed by atoms with van der Waals surface area (Å²) in [6.07, 6.45) is -4.01. The van der Waals surface area contributed by atoms with E-state index < -0.39 is 35.5 Å². The van der Waals surface area contributed by atoms with Gasteiger partial charge in [-0.2, -0.15) is 18.4 Å². The first-order valence-electron chi connectivity index (χ1n) is 13.5. The Morgan fingerprint density at radius 1 is 1.16 bits per heavy atom. The maximum Gasteiger partial charge on any atom is 0.416 e. The second-order valence-electron chi connectivity index (χ2n) is 10.8. The van der Waals surface area contributed by atoms with Crippen LogP contribution in [0.15, 0.2) is 58.5 Å². The molecule has 14 heteroatoms. The number of alkyl halides is 3. The smallest absolute Gasteiger partial charge is 0.416 e. The molecule has 0 fully saturated rings. The lowest BCUT2D eigenvalue weighted by Crippen LogP contribution is -2.43. The van der Waals surface area contributed by atoms with Crippen LogP contribution >= 0.6 is 0 Å². The number of nitriles is 1. The normalized spacial score (nSPS) is 15.6. The number of aromatic amines is 1. The fraction of sp³-hybridized carbons (Fsp3) is 0.367. The van der Waals surface area contributed by atoms with E-state index in [9.17, 15) is 32.8 Å². The molecule has 1 aromatic heterocycles. The second kappa shape index (κ2) is 12.4. The Balaban J connectivity index is 1.94. The van der Waals surface area contributed by atoms with Gasteiger partial charge in [0.15, 0.2) is 0 Å². The number of benzene rings is 2. The van der Waals surface area contributed by atoms with Crippen LogP contribution in [0.2, 0.25) is 0 Å². The molecule has 4 rings (SSSR count). The number of esters is 1. The molecular weight excluding hydrogens is 579 g/mol. The predicted molar refractivity (Wildman–Crippen MR) is 155 cm³/mol. The molecule has 0 bridgehead atoms. The third-order valence-corrected chi connectivity index (χ3v) is 7.58. The number of carbonyl (C=O) groups excluding carboxylic acids is 2. The third kappa shape index (κ3) is 5.96. The Hall–Kier alpha value is -4.90. The Bertz CT molecular complexity index is 1720. The zero-order valence-corrected chi connectivity index (χ0v) is 25.1. The van der Waals surface area contributed by atoms with Crippen molar-refractivity contribution in [1.29, 1.82) is 5.26 Å². The molecular formula is C30H32F3N7O4. The summed E-state index contributed by atoms with van der Waals surface area (Å²) in [5.41, 5.74) is -0.0668. The monoisotopic (exact) mass is 611 g/mol. The van der Waals surface area contributed by atoms with Gasteiger partial charge in [0.2, 0.25) is 11.9 Å². The standard InChI is InChI=1S/C30H32F3N7O4/c1-17-24(27(42)44-6)25(22-12-10-18(16-34)14-19(22)11-13-23(37(2)3)26(41)38(4)5)40-28(35-36-29(40)43)39(17)21-9-7-8-20(15-21)30(31,32)33/h7-10,12,14-15,23,25H,11,13H2,1-6H3,(H,36,43)/t23?,25-/m1/s1. The topological polar surface area (TPSA) is 128 Å². The minimum absolute atomic E-state index is 0.0135. The van der Waals surface area contributed by atoms with Crippen LogP contribution in [0.5, 0.6) is 0 Å². The van der Waals surface area contributed by atoms with Gasteiger partial charge in [0.05, 0.1) is 35.9 Å². The molecule has 0 saturated carbocycles. The second-order valence-corrected chi connectivity index (χ2v) is 10.8. The largest absolute Gasteiger partial charge is 0.466 e. The third-order valence-electron chi connectivity index (χ3n) is 7.58. The van der Waals surface area contributed by atoms with E-state index >= 15 is 0 Å². The number of nitrogens with one attached hydrogen (secondary N) is 1. The summed E-state index contributed by atoms with van der Waals surface area (Å²) in [6, 6.07) is 9.73. The highest BCUT2D eigenvalue weighted by Gasteiger charge is 2.41. The van der Waals surface area contributed by atoms with Crippen LogP contribution in [0.1, 0.15) is 41.6 Å². The number of ether oxygens (including phenoxy) is 1. The van der Waals surface area contributed by atoms with E-state index in [0.29, 0.717) is 23.1 Å². The van der Waals surface area contributed by atoms with Crippen molar-refractivity contribution in [1.82, 2.24) is 24.6 Å². The van der Waals surface area contributed by atoms with Crippen LogP contribution in [0.25, 0.3) is 0 Å². The first kappa shape index (κ1) is 32.0. The number of aromatic nitrogens is 3. The van der Waals surface area contributed by atoms with E-state index in [2.05, 4.69) is 16.3 Å². The van der Waals surface area contributed by atoms with E-state index in [1.54, 1.807) is 51.3 Å². The maximum atomic E-state index is 13.6. The number of methoxy groups -OCH3 is 1. The van der Waals surface area contributed by atoms with E-state index in [0.717, 1.165) is 19.2 Å². The van der Waals surface area contributed by atoms with Crippen LogP contribution in [0.3, 0.4) is 0 Å². The van der Waals surface area contributed by atoms with Crippen LogP contribution in [0.4, 0.5) is 24.8 Å². The van der Waals surface area contributed by atoms with Gasteiger partial charge in [-0.25, -0.2) is 19.3 Å². The van der Waals surface area contributed by atoms with Crippen molar-refractivity contribution in [2.45, 2.75) is 38.0 Å². The number of hydrogen-bond donors (Lipinski definition) is 1. The summed E-state index contributed by atoms with van der Waals surface area (Å²) in [6.45, 7) is 1.53. The molecule has 3 aromatic rings. The van der Waals surface area contributed by atoms with Gasteiger partial charge in [-0.05, 0) is 75.3 Å². The molecule has 1 N–H and O–H groups in total. The first-order valence-corrected chi connectivity index (χ1v) is 13.5. The number of hydrogen-bond acceptors (Lipinski definition) is 8. The number of amides is 1. The van der Waals surface area contributed by atoms with Gasteiger partial charge in [-0.3, -0.25) is 14.6 Å². The van der Waals surface area contributed by atoms with Gasteiger partial charge in [0.25, 0.3) is 0 Å². The Morgan fingerprint density at radius 2 is 1.86 bits per heavy atom. The van der Waals surface area contributed by atoms with E-state index in [1.807, 2.05) is 0 Å². The molecule has 0 spiro atoms. The van der Waals surface area contributed by atoms with Gasteiger partial charge < -0.3 is 9.64 Å². The number of likely N-dealkylation sites (N-methyl/N-ethyl adjacent to an activating group) is 2. The van der Waals surface area contributed by atoms with E-state index in [1.165, 1.54) is 33.4 Å². The lowest BCUT2D eigenvalue weighted by atomic mass is 9.88. The van der Waals surface area contributed by atoms with Crippen LogP contribution in [-0.2, 0) is 26.9 Å². The van der Waals surface area contributed by atoms with Crippen molar-refractivity contribution in [2.75, 3.05) is 40.2 Å². The molecule has 1 aliphatic heterocycles. The molecule has 1 amide bonds. The first-order chi connectivity index (χ1) is 20.7. The lowest BCUT2D eigenvalue weighted by Gasteiger charge is -2.36. The number of fused-ring (bicyclic) bond motifs is 1. The average Bonchev–Trinajstić information content (AvgIpc) is 3.35. The number of aryl methyl sites for hydroxylation is 1. The molecule has 11 nitrogen and oxygen atoms in total. The highest BCUT2D eigenvalue weighted by molar-refractivity contribution is 5.93. The summed E-state index contributed by atoms with van der Waals surface area (Å²) in [5, 5.41) is 16.2. The number of H-pyrrole nitrogens is 1. The number of anilines is 2. The van der Waals surface area contributed by atoms with Crippen molar-refractivity contribution in [3.05, 3.63) is 86.5 Å². The average molecular weight is 612 g/mol. The molecule has 2 heterocycles. The summed E-state index contributed by atoms with van der Waals surface area (Å²) in [7, 11) is 8.03. The molecule has 2 atom stereocenters. The molecule has 1 unspecified atom stereocenters. The zero-order chi connectivity index (χ0) is 32.5. The van der Waals surface area contributed by atoms with Gasteiger partial charge in [-0.1, -0.05) is 12.1 Å². The number of nitrogens with zero attached hydrogens (tertiary/aromatic N) is 6. The van der Waals surface area contributed by atoms with Crippen molar-refractivity contribution in [2.24, 2.45) is 0 Å². The highest BCUT2D eigenvalue weighted by Crippen LogP contribution is 2.43. The van der Waals surface area contributed by atoms with E-state index in [4.69, 9.17) is 4.74 Å². The number of allylic oxidation sites excluding steroid dienone is 1. The Kier molecular flexibility index (Phi) is 9.01. The van der Waals surface area contributed by atoms with Crippen molar-refractivity contribution in [3.8, 4) is 6.07 Å². The Labute approximate surface area is 251 Å². The summed E-state index contributed by atoms with van der Waals surface area (Å²) >= 11 is 0. The highest BCUT2D eigenvalue weighted by atomic mass is 19.4. The fourth-order valence-corrected chi connectivity index (χ4v) is 5.43. The molecule has 232 valence electrons. The quantitative estimate of drug-likeness (QED) is 0.383. The SMILES string of the molecule is COC(=O)C1=C(C)N(c2cccc(C(F)(F)F)c2)c2n[nH]c(=O)n2[C@@H]1c1ccc(C#N)cc1CCC(C(=O)N(C)C)N(C)C. The lowest BCUT2D eigenvalue weighted by molar-refractivity contribution is -0.138. The van der Waals surface area contributed by atoms with Gasteiger partial charge in [-0.15, -0.1) is 5.10 Å². The molecule has 0 radical (unpaired) electrons. The van der Waals surface area contributed by atoms with Gasteiger partial charge in [0, 0.05) is 25.5 Å². The minimum Gasteiger partial charge on any atom is -0.466 e. The predicted octanol–water partition coefficient (Wildman–Crippen LogP) is 3.60. The van der Waals surface area contributed by atoms with Crippen molar-refractivity contribution in [3.63, 3.8) is 0 Å². The van der Waals surface area contributed by atoms with Crippen molar-refractivity contribution >= 4 is 23.5 Å². The molecule has 2 aromatic carbocycles. The zero-order valence-electron chi connectivity index (χ0n) is 25.1. The van der Waals surface area contributed by atoms with Crippen molar-refractivity contribution < 1.29 is 27.5 Å². The molecule has 1 aliphatic rings. The fourth-order valence-electron chi connectivity index (χ4n) is 5.43. The summed E-state index contributed by atoms with van der Waals surface area (Å²) in [4.78, 5) is 44.2. The molecule has 0 saturated heterocycles. The Morgan fingerprint density at radius 3 is 2.45 bits per heavy atom. The van der Waals surface area contributed by atoms with Crippen LogP contribution in [0, 0.1) is 11.3 Å². The van der Waals surface area contributed by atoms with Gasteiger partial charge >= 0.3 is 17.8 Å². The van der Waals surface area contributed by atoms with Crippen LogP contribution < -0.4 is 10.6 Å². The van der Waals surface area contributed by atoms with Crippen LogP contribution in [-0.4, -0.2) is 77.8 Å². The summed E-state index contributed by atoms with van der Waals surface area (Å²) < 4.78 is 47.2. The maximum absolute atomic E-state index is 13.6. The van der Waals surface area contributed by atoms with E-state index in [-0.39, 0.29) is 35.2 Å². The molecule has 44 heavy (non-hydrogen) atoms. The van der Waals surface area contributed by atoms with Gasteiger partial charge in [0.1, 0.15) is 6.04 Å². The number of halogens is 3. The number of rotatable bonds is 8. The molecule has 0 aliphatic carbocycles. The number of carbonyl (C=O) groups is 2. The minimum atomic E-state index is -4.64.